The van der Waals surface area contributed by atoms with E-state index >= 15 is 0 Å². The monoisotopic (exact) mass is 387 g/mol. The zero-order valence-corrected chi connectivity index (χ0v) is 13.5. The van der Waals surface area contributed by atoms with Crippen LogP contribution in [0.2, 0.25) is 10.0 Å². The van der Waals surface area contributed by atoms with Crippen LogP contribution in [-0.4, -0.2) is 17.0 Å². The van der Waals surface area contributed by atoms with E-state index in [4.69, 9.17) is 28.3 Å². The SMILES string of the molecule is O=C(O)c1ccc(Cl)cc1NC(=O)c1cccc(Br)c1Cl. The molecule has 2 N–H and O–H groups in total. The number of nitrogens with one attached hydrogen (secondary N) is 1. The highest BCUT2D eigenvalue weighted by Gasteiger charge is 2.16. The van der Waals surface area contributed by atoms with E-state index in [1.54, 1.807) is 12.1 Å². The van der Waals surface area contributed by atoms with Crippen LogP contribution in [0.3, 0.4) is 0 Å². The Kier molecular flexibility index (Phi) is 4.88. The number of anilines is 1. The van der Waals surface area contributed by atoms with Crippen LogP contribution in [0.1, 0.15) is 20.7 Å². The molecule has 0 radical (unpaired) electrons. The summed E-state index contributed by atoms with van der Waals surface area (Å²) in [6.07, 6.45) is 0. The van der Waals surface area contributed by atoms with Gasteiger partial charge in [0.2, 0.25) is 0 Å². The van der Waals surface area contributed by atoms with Crippen molar-refractivity contribution in [3.05, 3.63) is 62.0 Å². The lowest BCUT2D eigenvalue weighted by molar-refractivity contribution is 0.0698. The topological polar surface area (TPSA) is 66.4 Å². The summed E-state index contributed by atoms with van der Waals surface area (Å²) in [7, 11) is 0. The average Bonchev–Trinajstić information content (AvgIpc) is 2.41. The summed E-state index contributed by atoms with van der Waals surface area (Å²) in [5.74, 6) is -1.69. The van der Waals surface area contributed by atoms with Gasteiger partial charge in [0.15, 0.2) is 0 Å². The molecule has 2 rings (SSSR count). The number of halogens is 3. The van der Waals surface area contributed by atoms with E-state index < -0.39 is 11.9 Å². The van der Waals surface area contributed by atoms with Gasteiger partial charge in [0.1, 0.15) is 0 Å². The average molecular weight is 389 g/mol. The predicted octanol–water partition coefficient (Wildman–Crippen LogP) is 4.71. The van der Waals surface area contributed by atoms with Crippen molar-refractivity contribution in [1.29, 1.82) is 0 Å². The molecule has 4 nitrogen and oxygen atoms in total. The molecule has 0 aliphatic carbocycles. The molecule has 0 fully saturated rings. The molecule has 0 saturated heterocycles. The number of hydrogen-bond donors (Lipinski definition) is 2. The van der Waals surface area contributed by atoms with Crippen LogP contribution < -0.4 is 5.32 Å². The number of aromatic carboxylic acids is 1. The summed E-state index contributed by atoms with van der Waals surface area (Å²) in [4.78, 5) is 23.4. The van der Waals surface area contributed by atoms with Crippen molar-refractivity contribution >= 4 is 56.7 Å². The first kappa shape index (κ1) is 15.8. The van der Waals surface area contributed by atoms with Gasteiger partial charge in [-0.2, -0.15) is 0 Å². The lowest BCUT2D eigenvalue weighted by atomic mass is 10.1. The Morgan fingerprint density at radius 3 is 2.48 bits per heavy atom. The number of amides is 1. The van der Waals surface area contributed by atoms with Crippen molar-refractivity contribution in [2.24, 2.45) is 0 Å². The van der Waals surface area contributed by atoms with Crippen LogP contribution in [0.4, 0.5) is 5.69 Å². The van der Waals surface area contributed by atoms with Gasteiger partial charge in [0.25, 0.3) is 5.91 Å². The molecule has 0 atom stereocenters. The van der Waals surface area contributed by atoms with Crippen LogP contribution in [-0.2, 0) is 0 Å². The summed E-state index contributed by atoms with van der Waals surface area (Å²) in [6.45, 7) is 0. The second-order valence-electron chi connectivity index (χ2n) is 4.05. The maximum atomic E-state index is 12.2. The third-order valence-corrected chi connectivity index (χ3v) is 4.19. The highest BCUT2D eigenvalue weighted by atomic mass is 79.9. The molecule has 7 heteroatoms. The number of carbonyl (C=O) groups is 2. The van der Waals surface area contributed by atoms with Gasteiger partial charge in [-0.25, -0.2) is 4.79 Å². The Bertz CT molecular complexity index is 734. The van der Waals surface area contributed by atoms with E-state index in [-0.39, 0.29) is 21.8 Å². The number of carboxylic acid groups (broad SMARTS) is 1. The molecule has 0 aliphatic rings. The normalized spacial score (nSPS) is 10.2. The van der Waals surface area contributed by atoms with E-state index in [1.807, 2.05) is 0 Å². The van der Waals surface area contributed by atoms with Crippen molar-refractivity contribution in [3.8, 4) is 0 Å². The van der Waals surface area contributed by atoms with E-state index in [1.165, 1.54) is 24.3 Å². The zero-order chi connectivity index (χ0) is 15.6. The number of carboxylic acids is 1. The minimum atomic E-state index is -1.16. The number of carbonyl (C=O) groups excluding carboxylic acids is 1. The van der Waals surface area contributed by atoms with Crippen molar-refractivity contribution in [1.82, 2.24) is 0 Å². The Morgan fingerprint density at radius 2 is 1.81 bits per heavy atom. The number of benzene rings is 2. The molecular weight excluding hydrogens is 381 g/mol. The van der Waals surface area contributed by atoms with Gasteiger partial charge in [-0.3, -0.25) is 4.79 Å². The lowest BCUT2D eigenvalue weighted by Crippen LogP contribution is -2.15. The summed E-state index contributed by atoms with van der Waals surface area (Å²) in [5.41, 5.74) is 0.275. The van der Waals surface area contributed by atoms with Crippen LogP contribution >= 0.6 is 39.1 Å². The highest BCUT2D eigenvalue weighted by molar-refractivity contribution is 9.10. The van der Waals surface area contributed by atoms with Crippen LogP contribution in [0, 0.1) is 0 Å². The lowest BCUT2D eigenvalue weighted by Gasteiger charge is -2.10. The van der Waals surface area contributed by atoms with Crippen LogP contribution in [0.15, 0.2) is 40.9 Å². The molecule has 1 amide bonds. The maximum absolute atomic E-state index is 12.2. The smallest absolute Gasteiger partial charge is 0.337 e. The second-order valence-corrected chi connectivity index (χ2v) is 5.72. The molecular formula is C14H8BrCl2NO3. The summed E-state index contributed by atoms with van der Waals surface area (Å²) >= 11 is 15.1. The first-order valence-corrected chi connectivity index (χ1v) is 7.23. The van der Waals surface area contributed by atoms with Crippen LogP contribution in [0.5, 0.6) is 0 Å². The molecule has 0 heterocycles. The quantitative estimate of drug-likeness (QED) is 0.800. The van der Waals surface area contributed by atoms with Crippen molar-refractivity contribution in [3.63, 3.8) is 0 Å². The molecule has 0 bridgehead atoms. The van der Waals surface area contributed by atoms with Gasteiger partial charge >= 0.3 is 5.97 Å². The Balaban J connectivity index is 2.38. The van der Waals surface area contributed by atoms with E-state index in [9.17, 15) is 9.59 Å². The van der Waals surface area contributed by atoms with E-state index in [0.29, 0.717) is 9.50 Å². The highest BCUT2D eigenvalue weighted by Crippen LogP contribution is 2.28. The van der Waals surface area contributed by atoms with E-state index in [2.05, 4.69) is 21.2 Å². The van der Waals surface area contributed by atoms with Gasteiger partial charge in [0.05, 0.1) is 21.8 Å². The molecule has 108 valence electrons. The summed E-state index contributed by atoms with van der Waals surface area (Å²) in [5, 5.41) is 12.2. The zero-order valence-electron chi connectivity index (χ0n) is 10.4. The van der Waals surface area contributed by atoms with Gasteiger partial charge in [-0.1, -0.05) is 29.3 Å². The second kappa shape index (κ2) is 6.47. The van der Waals surface area contributed by atoms with Crippen molar-refractivity contribution in [2.45, 2.75) is 0 Å². The summed E-state index contributed by atoms with van der Waals surface area (Å²) < 4.78 is 0.571. The van der Waals surface area contributed by atoms with E-state index in [0.717, 1.165) is 0 Å². The summed E-state index contributed by atoms with van der Waals surface area (Å²) in [6, 6.07) is 9.01. The molecule has 2 aromatic rings. The van der Waals surface area contributed by atoms with Gasteiger partial charge in [0, 0.05) is 9.50 Å². The Labute approximate surface area is 138 Å². The fourth-order valence-corrected chi connectivity index (χ4v) is 2.43. The molecule has 0 spiro atoms. The molecule has 0 aliphatic heterocycles. The van der Waals surface area contributed by atoms with Crippen molar-refractivity contribution in [2.75, 3.05) is 5.32 Å². The predicted molar refractivity (Wildman–Crippen MR) is 85.5 cm³/mol. The fourth-order valence-electron chi connectivity index (χ4n) is 1.68. The van der Waals surface area contributed by atoms with Gasteiger partial charge < -0.3 is 10.4 Å². The third-order valence-electron chi connectivity index (χ3n) is 2.66. The molecule has 21 heavy (non-hydrogen) atoms. The number of hydrogen-bond acceptors (Lipinski definition) is 2. The fraction of sp³-hybridized carbons (Fsp3) is 0. The largest absolute Gasteiger partial charge is 0.478 e. The first-order chi connectivity index (χ1) is 9.90. The number of rotatable bonds is 3. The molecule has 0 unspecified atom stereocenters. The maximum Gasteiger partial charge on any atom is 0.337 e. The third kappa shape index (κ3) is 3.56. The minimum absolute atomic E-state index is 0.0566. The standard InChI is InChI=1S/C14H8BrCl2NO3/c15-10-3-1-2-9(12(10)17)13(19)18-11-6-7(16)4-5-8(11)14(20)21/h1-6H,(H,18,19)(H,20,21). The van der Waals surface area contributed by atoms with Crippen molar-refractivity contribution < 1.29 is 14.7 Å². The minimum Gasteiger partial charge on any atom is -0.478 e. The van der Waals surface area contributed by atoms with Gasteiger partial charge in [-0.05, 0) is 46.3 Å². The first-order valence-electron chi connectivity index (χ1n) is 5.68. The molecule has 2 aromatic carbocycles. The Hall–Kier alpha value is -1.56. The Morgan fingerprint density at radius 1 is 1.10 bits per heavy atom. The van der Waals surface area contributed by atoms with Gasteiger partial charge in [-0.15, -0.1) is 0 Å². The van der Waals surface area contributed by atoms with Crippen LogP contribution in [0.25, 0.3) is 0 Å². The molecule has 0 saturated carbocycles. The molecule has 0 aromatic heterocycles.